The van der Waals surface area contributed by atoms with Crippen molar-refractivity contribution in [3.63, 3.8) is 0 Å². The first-order valence-corrected chi connectivity index (χ1v) is 8.47. The van der Waals surface area contributed by atoms with Crippen molar-refractivity contribution in [1.82, 2.24) is 15.2 Å². The Bertz CT molecular complexity index is 456. The van der Waals surface area contributed by atoms with Gasteiger partial charge >= 0.3 is 0 Å². The molecule has 0 aromatic carbocycles. The predicted molar refractivity (Wildman–Crippen MR) is 87.8 cm³/mol. The fourth-order valence-electron chi connectivity index (χ4n) is 3.77. The van der Waals surface area contributed by atoms with Crippen LogP contribution in [0.25, 0.3) is 0 Å². The predicted octanol–water partition coefficient (Wildman–Crippen LogP) is 2.43. The molecule has 0 amide bonds. The zero-order valence-electron chi connectivity index (χ0n) is 13.4. The molecule has 0 spiro atoms. The zero-order chi connectivity index (χ0) is 14.7. The average Bonchev–Trinajstić information content (AvgIpc) is 3.18. The van der Waals surface area contributed by atoms with Crippen molar-refractivity contribution in [2.24, 2.45) is 0 Å². The van der Waals surface area contributed by atoms with E-state index < -0.39 is 0 Å². The van der Waals surface area contributed by atoms with Crippen LogP contribution in [0.3, 0.4) is 0 Å². The van der Waals surface area contributed by atoms with Gasteiger partial charge < -0.3 is 10.2 Å². The lowest BCUT2D eigenvalue weighted by Crippen LogP contribution is -2.35. The van der Waals surface area contributed by atoms with E-state index in [2.05, 4.69) is 41.1 Å². The molecule has 2 aliphatic heterocycles. The lowest BCUT2D eigenvalue weighted by atomic mass is 10.1. The number of hydrogen-bond acceptors (Lipinski definition) is 4. The summed E-state index contributed by atoms with van der Waals surface area (Å²) in [5.74, 6) is 1.19. The summed E-state index contributed by atoms with van der Waals surface area (Å²) >= 11 is 0. The monoisotopic (exact) mass is 288 g/mol. The first-order chi connectivity index (χ1) is 10.3. The number of pyridine rings is 1. The summed E-state index contributed by atoms with van der Waals surface area (Å²) in [5, 5.41) is 3.51. The van der Waals surface area contributed by atoms with Crippen LogP contribution in [0.1, 0.15) is 44.7 Å². The minimum Gasteiger partial charge on any atom is -0.355 e. The second-order valence-corrected chi connectivity index (χ2v) is 6.33. The maximum atomic E-state index is 4.69. The van der Waals surface area contributed by atoms with Crippen LogP contribution >= 0.6 is 0 Å². The molecule has 4 nitrogen and oxygen atoms in total. The molecule has 3 heterocycles. The van der Waals surface area contributed by atoms with Gasteiger partial charge in [-0.2, -0.15) is 0 Å². The third-order valence-electron chi connectivity index (χ3n) is 4.91. The number of hydrogen-bond donors (Lipinski definition) is 1. The van der Waals surface area contributed by atoms with Crippen LogP contribution in [-0.2, 0) is 0 Å². The molecule has 1 aromatic heterocycles. The maximum absolute atomic E-state index is 4.69. The normalized spacial score (nSPS) is 24.7. The Labute approximate surface area is 128 Å². The molecule has 1 aromatic rings. The Morgan fingerprint density at radius 3 is 2.90 bits per heavy atom. The van der Waals surface area contributed by atoms with E-state index in [4.69, 9.17) is 4.98 Å². The summed E-state index contributed by atoms with van der Waals surface area (Å²) in [4.78, 5) is 9.86. The highest BCUT2D eigenvalue weighted by atomic mass is 15.3. The van der Waals surface area contributed by atoms with E-state index in [0.29, 0.717) is 6.04 Å². The summed E-state index contributed by atoms with van der Waals surface area (Å²) in [6, 6.07) is 5.38. The molecule has 4 heteroatoms. The Hall–Kier alpha value is -1.13. The van der Waals surface area contributed by atoms with Crippen LogP contribution in [0.15, 0.2) is 18.3 Å². The molecule has 2 fully saturated rings. The first kappa shape index (κ1) is 14.8. The van der Waals surface area contributed by atoms with Gasteiger partial charge in [-0.1, -0.05) is 13.0 Å². The standard InChI is InChI=1S/C17H28N4/c1-3-18-14(2)16-7-6-9-19-17(16)21-12-8-15(13-21)20-10-4-5-11-20/h6-7,9,14-15,18H,3-5,8,10-13H2,1-2H3. The molecule has 3 rings (SSSR count). The van der Waals surface area contributed by atoms with Gasteiger partial charge in [0.05, 0.1) is 0 Å². The van der Waals surface area contributed by atoms with Gasteiger partial charge in [-0.3, -0.25) is 4.90 Å². The highest BCUT2D eigenvalue weighted by molar-refractivity contribution is 5.49. The summed E-state index contributed by atoms with van der Waals surface area (Å²) in [6.45, 7) is 10.3. The fraction of sp³-hybridized carbons (Fsp3) is 0.706. The number of rotatable bonds is 5. The van der Waals surface area contributed by atoms with Crippen LogP contribution < -0.4 is 10.2 Å². The van der Waals surface area contributed by atoms with E-state index in [9.17, 15) is 0 Å². The lowest BCUT2D eigenvalue weighted by Gasteiger charge is -2.26. The lowest BCUT2D eigenvalue weighted by molar-refractivity contribution is 0.260. The quantitative estimate of drug-likeness (QED) is 0.901. The molecule has 1 N–H and O–H groups in total. The van der Waals surface area contributed by atoms with E-state index in [-0.39, 0.29) is 0 Å². The molecule has 116 valence electrons. The molecule has 0 bridgehead atoms. The van der Waals surface area contributed by atoms with Crippen molar-refractivity contribution in [1.29, 1.82) is 0 Å². The van der Waals surface area contributed by atoms with Crippen LogP contribution in [0.5, 0.6) is 0 Å². The smallest absolute Gasteiger partial charge is 0.133 e. The summed E-state index contributed by atoms with van der Waals surface area (Å²) in [7, 11) is 0. The topological polar surface area (TPSA) is 31.4 Å². The maximum Gasteiger partial charge on any atom is 0.133 e. The minimum atomic E-state index is 0.365. The SMILES string of the molecule is CCNC(C)c1cccnc1N1CCC(N2CCCC2)C1. The van der Waals surface area contributed by atoms with Crippen molar-refractivity contribution >= 4 is 5.82 Å². The number of aromatic nitrogens is 1. The number of anilines is 1. The van der Waals surface area contributed by atoms with Crippen LogP contribution in [0.4, 0.5) is 5.82 Å². The van der Waals surface area contributed by atoms with Gasteiger partial charge in [0, 0.05) is 36.9 Å². The van der Waals surface area contributed by atoms with E-state index in [0.717, 1.165) is 25.7 Å². The Kier molecular flexibility index (Phi) is 4.76. The summed E-state index contributed by atoms with van der Waals surface area (Å²) < 4.78 is 0. The van der Waals surface area contributed by atoms with Crippen molar-refractivity contribution in [2.75, 3.05) is 37.6 Å². The zero-order valence-corrected chi connectivity index (χ0v) is 13.4. The van der Waals surface area contributed by atoms with Crippen molar-refractivity contribution in [3.8, 4) is 0 Å². The third-order valence-corrected chi connectivity index (χ3v) is 4.91. The van der Waals surface area contributed by atoms with E-state index in [1.54, 1.807) is 0 Å². The fourth-order valence-corrected chi connectivity index (χ4v) is 3.77. The van der Waals surface area contributed by atoms with Gasteiger partial charge in [0.15, 0.2) is 0 Å². The van der Waals surface area contributed by atoms with Gasteiger partial charge in [0.2, 0.25) is 0 Å². The van der Waals surface area contributed by atoms with E-state index in [1.807, 2.05) is 6.20 Å². The molecular formula is C17H28N4. The highest BCUT2D eigenvalue weighted by Gasteiger charge is 2.31. The minimum absolute atomic E-state index is 0.365. The number of nitrogens with zero attached hydrogens (tertiary/aromatic N) is 3. The molecule has 2 saturated heterocycles. The van der Waals surface area contributed by atoms with Crippen LogP contribution in [0, 0.1) is 0 Å². The second kappa shape index (κ2) is 6.75. The molecule has 2 aliphatic rings. The van der Waals surface area contributed by atoms with Crippen molar-refractivity contribution < 1.29 is 0 Å². The van der Waals surface area contributed by atoms with Gasteiger partial charge in [-0.15, -0.1) is 0 Å². The van der Waals surface area contributed by atoms with Gasteiger partial charge in [0.1, 0.15) is 5.82 Å². The molecule has 0 radical (unpaired) electrons. The van der Waals surface area contributed by atoms with Crippen molar-refractivity contribution in [2.45, 2.75) is 45.2 Å². The molecule has 21 heavy (non-hydrogen) atoms. The summed E-state index contributed by atoms with van der Waals surface area (Å²) in [5.41, 5.74) is 1.33. The molecule has 2 unspecified atom stereocenters. The van der Waals surface area contributed by atoms with Gasteiger partial charge in [-0.25, -0.2) is 4.98 Å². The van der Waals surface area contributed by atoms with Gasteiger partial charge in [-0.05, 0) is 51.9 Å². The van der Waals surface area contributed by atoms with Gasteiger partial charge in [0.25, 0.3) is 0 Å². The summed E-state index contributed by atoms with van der Waals surface area (Å²) in [6.07, 6.45) is 5.97. The molecular weight excluding hydrogens is 260 g/mol. The van der Waals surface area contributed by atoms with E-state index >= 15 is 0 Å². The molecule has 0 saturated carbocycles. The number of likely N-dealkylation sites (tertiary alicyclic amines) is 1. The Balaban J connectivity index is 1.72. The second-order valence-electron chi connectivity index (χ2n) is 6.33. The Morgan fingerprint density at radius 2 is 2.14 bits per heavy atom. The first-order valence-electron chi connectivity index (χ1n) is 8.47. The molecule has 0 aliphatic carbocycles. The van der Waals surface area contributed by atoms with Crippen LogP contribution in [0.2, 0.25) is 0 Å². The largest absolute Gasteiger partial charge is 0.355 e. The van der Waals surface area contributed by atoms with Crippen LogP contribution in [-0.4, -0.2) is 48.6 Å². The Morgan fingerprint density at radius 1 is 1.33 bits per heavy atom. The number of nitrogens with one attached hydrogen (secondary N) is 1. The van der Waals surface area contributed by atoms with E-state index in [1.165, 1.54) is 43.7 Å². The highest BCUT2D eigenvalue weighted by Crippen LogP contribution is 2.29. The molecule has 2 atom stereocenters. The third kappa shape index (κ3) is 3.22. The van der Waals surface area contributed by atoms with Crippen molar-refractivity contribution in [3.05, 3.63) is 23.9 Å². The average molecular weight is 288 g/mol.